The number of methoxy groups -OCH3 is 1. The quantitative estimate of drug-likeness (QED) is 0.210. The minimum absolute atomic E-state index is 0.0452. The van der Waals surface area contributed by atoms with Gasteiger partial charge >= 0.3 is 5.97 Å². The lowest BCUT2D eigenvalue weighted by Crippen LogP contribution is -2.21. The summed E-state index contributed by atoms with van der Waals surface area (Å²) in [6.07, 6.45) is 0. The van der Waals surface area contributed by atoms with Crippen molar-refractivity contribution in [3.05, 3.63) is 125 Å². The summed E-state index contributed by atoms with van der Waals surface area (Å²) >= 11 is 0. The van der Waals surface area contributed by atoms with Crippen molar-refractivity contribution in [1.82, 2.24) is 0 Å². The van der Waals surface area contributed by atoms with Crippen molar-refractivity contribution in [3.8, 4) is 34.8 Å². The molecule has 206 valence electrons. The molecule has 0 saturated carbocycles. The Labute approximate surface area is 235 Å². The zero-order valence-electron chi connectivity index (χ0n) is 22.0. The number of carbonyl (C=O) groups is 1. The molecule has 0 saturated heterocycles. The number of ether oxygens (including phenoxy) is 5. The Balaban J connectivity index is 1.29. The minimum Gasteiger partial charge on any atom is -0.497 e. The number of nitrogens with zero attached hydrogens (tertiary/aromatic N) is 1. The molecule has 1 heterocycles. The average Bonchev–Trinajstić information content (AvgIpc) is 2.99. The molecule has 0 radical (unpaired) electrons. The van der Waals surface area contributed by atoms with Crippen molar-refractivity contribution >= 4 is 5.97 Å². The average molecular weight is 553 g/mol. The molecule has 2 N–H and O–H groups in total. The van der Waals surface area contributed by atoms with E-state index in [1.54, 1.807) is 79.9 Å². The van der Waals surface area contributed by atoms with E-state index in [9.17, 15) is 14.4 Å². The molecular weight excluding hydrogens is 527 g/mol. The lowest BCUT2D eigenvalue weighted by atomic mass is 9.83. The normalized spacial score (nSPS) is 13.8. The fourth-order valence-electron chi connectivity index (χ4n) is 4.35. The highest BCUT2D eigenvalue weighted by molar-refractivity contribution is 5.74. The van der Waals surface area contributed by atoms with Gasteiger partial charge in [0, 0.05) is 17.2 Å². The van der Waals surface area contributed by atoms with Crippen LogP contribution in [0.2, 0.25) is 0 Å². The second-order valence-corrected chi connectivity index (χ2v) is 9.01. The van der Waals surface area contributed by atoms with Crippen LogP contribution in [0, 0.1) is 17.1 Å². The van der Waals surface area contributed by atoms with E-state index >= 15 is 0 Å². The van der Waals surface area contributed by atoms with Crippen molar-refractivity contribution < 1.29 is 32.9 Å². The first-order valence-electron chi connectivity index (χ1n) is 12.6. The summed E-state index contributed by atoms with van der Waals surface area (Å²) in [5, 5.41) is 9.85. The van der Waals surface area contributed by atoms with Gasteiger partial charge in [-0.25, -0.2) is 9.18 Å². The highest BCUT2D eigenvalue weighted by Gasteiger charge is 2.31. The maximum absolute atomic E-state index is 13.9. The number of hydrogen-bond donors (Lipinski definition) is 1. The maximum Gasteiger partial charge on any atom is 0.349 e. The molecule has 41 heavy (non-hydrogen) atoms. The number of benzene rings is 4. The molecule has 4 aromatic rings. The van der Waals surface area contributed by atoms with Crippen LogP contribution >= 0.6 is 0 Å². The topological polar surface area (TPSA) is 113 Å². The largest absolute Gasteiger partial charge is 0.497 e. The molecule has 4 aromatic carbocycles. The van der Waals surface area contributed by atoms with Gasteiger partial charge in [-0.05, 0) is 54.1 Å². The lowest BCUT2D eigenvalue weighted by molar-refractivity contribution is -0.136. The monoisotopic (exact) mass is 552 g/mol. The first kappa shape index (κ1) is 27.1. The van der Waals surface area contributed by atoms with Crippen LogP contribution in [0.25, 0.3) is 0 Å². The van der Waals surface area contributed by atoms with Crippen molar-refractivity contribution in [1.29, 1.82) is 5.26 Å². The van der Waals surface area contributed by atoms with E-state index in [-0.39, 0.29) is 36.2 Å². The summed E-state index contributed by atoms with van der Waals surface area (Å²) in [7, 11) is 1.56. The third-order valence-corrected chi connectivity index (χ3v) is 6.40. The summed E-state index contributed by atoms with van der Waals surface area (Å²) in [5.74, 6) is 0.776. The molecule has 0 aliphatic carbocycles. The molecule has 0 amide bonds. The summed E-state index contributed by atoms with van der Waals surface area (Å²) in [4.78, 5) is 12.4. The van der Waals surface area contributed by atoms with Crippen LogP contribution < -0.4 is 29.4 Å². The standard InChI is InChI=1S/C32H25FN2O6/c1-37-22-10-12-24(13-11-22)39-19-30(36)40-25-14-15-26-29(16-25)41-32(35)27(17-34)31(26)20-6-8-23(9-7-20)38-18-21-4-2-3-5-28(21)33/h2-16,31H,18-19,35H2,1H3. The van der Waals surface area contributed by atoms with Crippen LogP contribution in [-0.4, -0.2) is 19.7 Å². The third kappa shape index (κ3) is 6.23. The molecule has 0 aromatic heterocycles. The number of halogens is 1. The molecule has 9 heteroatoms. The molecule has 1 unspecified atom stereocenters. The zero-order chi connectivity index (χ0) is 28.8. The van der Waals surface area contributed by atoms with E-state index in [4.69, 9.17) is 29.4 Å². The Hall–Kier alpha value is -5.49. The number of hydrogen-bond acceptors (Lipinski definition) is 8. The van der Waals surface area contributed by atoms with E-state index in [1.807, 2.05) is 12.1 Å². The molecule has 1 aliphatic heterocycles. The van der Waals surface area contributed by atoms with Crippen LogP contribution in [0.4, 0.5) is 4.39 Å². The molecular formula is C32H25FN2O6. The fourth-order valence-corrected chi connectivity index (χ4v) is 4.35. The number of allylic oxidation sites excluding steroid dienone is 1. The molecule has 0 fully saturated rings. The van der Waals surface area contributed by atoms with Gasteiger partial charge in [0.25, 0.3) is 0 Å². The second kappa shape index (κ2) is 12.1. The summed E-state index contributed by atoms with van der Waals surface area (Å²) in [6, 6.07) is 27.4. The highest BCUT2D eigenvalue weighted by atomic mass is 19.1. The Morgan fingerprint density at radius 3 is 2.29 bits per heavy atom. The molecule has 0 bridgehead atoms. The Morgan fingerprint density at radius 1 is 0.927 bits per heavy atom. The summed E-state index contributed by atoms with van der Waals surface area (Å²) in [5.41, 5.74) is 8.24. The van der Waals surface area contributed by atoms with Gasteiger partial charge < -0.3 is 29.4 Å². The van der Waals surface area contributed by atoms with E-state index in [0.29, 0.717) is 34.1 Å². The van der Waals surface area contributed by atoms with Gasteiger partial charge in [0.15, 0.2) is 6.61 Å². The van der Waals surface area contributed by atoms with E-state index < -0.39 is 11.9 Å². The molecule has 0 spiro atoms. The predicted molar refractivity (Wildman–Crippen MR) is 147 cm³/mol. The molecule has 5 rings (SSSR count). The molecule has 1 atom stereocenters. The van der Waals surface area contributed by atoms with Gasteiger partial charge in [0.05, 0.1) is 13.0 Å². The number of fused-ring (bicyclic) bond motifs is 1. The third-order valence-electron chi connectivity index (χ3n) is 6.40. The smallest absolute Gasteiger partial charge is 0.349 e. The fraction of sp³-hybridized carbons (Fsp3) is 0.125. The number of nitriles is 1. The Bertz CT molecular complexity index is 1630. The first-order valence-corrected chi connectivity index (χ1v) is 12.6. The van der Waals surface area contributed by atoms with Gasteiger partial charge in [-0.1, -0.05) is 36.4 Å². The van der Waals surface area contributed by atoms with E-state index in [0.717, 1.165) is 5.56 Å². The molecule has 8 nitrogen and oxygen atoms in total. The predicted octanol–water partition coefficient (Wildman–Crippen LogP) is 5.62. The van der Waals surface area contributed by atoms with E-state index in [1.165, 1.54) is 6.07 Å². The maximum atomic E-state index is 13.9. The zero-order valence-corrected chi connectivity index (χ0v) is 22.0. The van der Waals surface area contributed by atoms with Crippen LogP contribution in [0.5, 0.6) is 28.7 Å². The highest BCUT2D eigenvalue weighted by Crippen LogP contribution is 2.43. The number of nitrogens with two attached hydrogens (primary N) is 1. The van der Waals surface area contributed by atoms with E-state index in [2.05, 4.69) is 6.07 Å². The summed E-state index contributed by atoms with van der Waals surface area (Å²) < 4.78 is 41.4. The van der Waals surface area contributed by atoms with Gasteiger partial charge in [-0.15, -0.1) is 0 Å². The van der Waals surface area contributed by atoms with Crippen LogP contribution in [0.15, 0.2) is 102 Å². The van der Waals surface area contributed by atoms with Crippen molar-refractivity contribution in [2.45, 2.75) is 12.5 Å². The van der Waals surface area contributed by atoms with Crippen LogP contribution in [-0.2, 0) is 11.4 Å². The van der Waals surface area contributed by atoms with Crippen molar-refractivity contribution in [2.75, 3.05) is 13.7 Å². The molecule has 1 aliphatic rings. The second-order valence-electron chi connectivity index (χ2n) is 9.01. The SMILES string of the molecule is COc1ccc(OCC(=O)Oc2ccc3c(c2)OC(N)=C(C#N)C3c2ccc(OCc3ccccc3F)cc2)cc1. The first-order chi connectivity index (χ1) is 19.9. The van der Waals surface area contributed by atoms with Crippen LogP contribution in [0.1, 0.15) is 22.6 Å². The number of carbonyl (C=O) groups excluding carboxylic acids is 1. The van der Waals surface area contributed by atoms with Crippen molar-refractivity contribution in [3.63, 3.8) is 0 Å². The lowest BCUT2D eigenvalue weighted by Gasteiger charge is -2.26. The van der Waals surface area contributed by atoms with Gasteiger partial charge in [0.2, 0.25) is 5.88 Å². The Kier molecular flexibility index (Phi) is 8.02. The Morgan fingerprint density at radius 2 is 1.59 bits per heavy atom. The van der Waals surface area contributed by atoms with Crippen LogP contribution in [0.3, 0.4) is 0 Å². The minimum atomic E-state index is -0.611. The number of esters is 1. The van der Waals surface area contributed by atoms with Gasteiger partial charge in [-0.3, -0.25) is 0 Å². The number of rotatable bonds is 9. The van der Waals surface area contributed by atoms with Crippen molar-refractivity contribution in [2.24, 2.45) is 5.73 Å². The van der Waals surface area contributed by atoms with Gasteiger partial charge in [0.1, 0.15) is 52.8 Å². The summed E-state index contributed by atoms with van der Waals surface area (Å²) in [6.45, 7) is -0.228. The van der Waals surface area contributed by atoms with Gasteiger partial charge in [-0.2, -0.15) is 5.26 Å².